The first-order chi connectivity index (χ1) is 9.08. The van der Waals surface area contributed by atoms with Gasteiger partial charge in [0.1, 0.15) is 12.4 Å². The SMILES string of the molecule is Cc1cccc(C)c1OCCN1CCC(C(C)N)C1. The number of likely N-dealkylation sites (tertiary alicyclic amines) is 1. The minimum absolute atomic E-state index is 0.310. The summed E-state index contributed by atoms with van der Waals surface area (Å²) in [5.41, 5.74) is 8.40. The van der Waals surface area contributed by atoms with Crippen molar-refractivity contribution in [2.45, 2.75) is 33.2 Å². The molecule has 0 spiro atoms. The van der Waals surface area contributed by atoms with Gasteiger partial charge in [0.25, 0.3) is 0 Å². The first-order valence-corrected chi connectivity index (χ1v) is 7.25. The Morgan fingerprint density at radius 2 is 2.05 bits per heavy atom. The molecule has 106 valence electrons. The maximum Gasteiger partial charge on any atom is 0.125 e. The Bertz CT molecular complexity index is 397. The minimum Gasteiger partial charge on any atom is -0.492 e. The molecule has 1 aromatic carbocycles. The van der Waals surface area contributed by atoms with Gasteiger partial charge in [-0.15, -0.1) is 0 Å². The smallest absolute Gasteiger partial charge is 0.125 e. The third-order valence-electron chi connectivity index (χ3n) is 4.12. The highest BCUT2D eigenvalue weighted by Crippen LogP contribution is 2.23. The van der Waals surface area contributed by atoms with Crippen LogP contribution in [0.2, 0.25) is 0 Å². The van der Waals surface area contributed by atoms with Crippen LogP contribution < -0.4 is 10.5 Å². The van der Waals surface area contributed by atoms with E-state index in [1.54, 1.807) is 0 Å². The molecule has 1 aliphatic heterocycles. The standard InChI is InChI=1S/C16H26N2O/c1-12-5-4-6-13(2)16(12)19-10-9-18-8-7-15(11-18)14(3)17/h4-6,14-15H,7-11,17H2,1-3H3. The molecule has 2 N–H and O–H groups in total. The van der Waals surface area contributed by atoms with Crippen LogP contribution in [-0.4, -0.2) is 37.2 Å². The average molecular weight is 262 g/mol. The lowest BCUT2D eigenvalue weighted by Gasteiger charge is -2.19. The fourth-order valence-corrected chi connectivity index (χ4v) is 2.80. The Hall–Kier alpha value is -1.06. The highest BCUT2D eigenvalue weighted by atomic mass is 16.5. The maximum atomic E-state index is 5.96. The minimum atomic E-state index is 0.310. The summed E-state index contributed by atoms with van der Waals surface area (Å²) in [6.45, 7) is 10.3. The third-order valence-corrected chi connectivity index (χ3v) is 4.12. The van der Waals surface area contributed by atoms with E-state index < -0.39 is 0 Å². The lowest BCUT2D eigenvalue weighted by atomic mass is 10.0. The monoisotopic (exact) mass is 262 g/mol. The van der Waals surface area contributed by atoms with Crippen molar-refractivity contribution in [1.82, 2.24) is 4.90 Å². The second-order valence-electron chi connectivity index (χ2n) is 5.78. The van der Waals surface area contributed by atoms with Crippen LogP contribution in [0.5, 0.6) is 5.75 Å². The van der Waals surface area contributed by atoms with Crippen molar-refractivity contribution in [1.29, 1.82) is 0 Å². The fourth-order valence-electron chi connectivity index (χ4n) is 2.80. The molecular weight excluding hydrogens is 236 g/mol. The number of rotatable bonds is 5. The van der Waals surface area contributed by atoms with Gasteiger partial charge in [0.2, 0.25) is 0 Å². The van der Waals surface area contributed by atoms with Crippen LogP contribution in [0.15, 0.2) is 18.2 Å². The highest BCUT2D eigenvalue weighted by Gasteiger charge is 2.24. The molecule has 0 radical (unpaired) electrons. The molecule has 1 aliphatic rings. The van der Waals surface area contributed by atoms with Crippen LogP contribution in [0.4, 0.5) is 0 Å². The number of ether oxygens (including phenoxy) is 1. The first kappa shape index (κ1) is 14.4. The number of hydrogen-bond acceptors (Lipinski definition) is 3. The van der Waals surface area contributed by atoms with Crippen molar-refractivity contribution in [2.75, 3.05) is 26.2 Å². The van der Waals surface area contributed by atoms with E-state index in [4.69, 9.17) is 10.5 Å². The Kier molecular flexibility index (Phi) is 4.83. The van der Waals surface area contributed by atoms with E-state index in [1.807, 2.05) is 0 Å². The van der Waals surface area contributed by atoms with Crippen LogP contribution in [0.25, 0.3) is 0 Å². The first-order valence-electron chi connectivity index (χ1n) is 7.25. The molecule has 0 saturated carbocycles. The van der Waals surface area contributed by atoms with E-state index in [2.05, 4.69) is 43.9 Å². The van der Waals surface area contributed by atoms with Crippen molar-refractivity contribution < 1.29 is 4.74 Å². The van der Waals surface area contributed by atoms with E-state index in [9.17, 15) is 0 Å². The Balaban J connectivity index is 1.78. The van der Waals surface area contributed by atoms with Gasteiger partial charge in [0, 0.05) is 19.1 Å². The summed E-state index contributed by atoms with van der Waals surface area (Å²) >= 11 is 0. The van der Waals surface area contributed by atoms with Crippen LogP contribution in [0.3, 0.4) is 0 Å². The molecule has 0 amide bonds. The molecular formula is C16H26N2O. The molecule has 0 aromatic heterocycles. The summed E-state index contributed by atoms with van der Waals surface area (Å²) in [5, 5.41) is 0. The molecule has 3 heteroatoms. The molecule has 3 nitrogen and oxygen atoms in total. The molecule has 0 aliphatic carbocycles. The second kappa shape index (κ2) is 6.40. The number of benzene rings is 1. The van der Waals surface area contributed by atoms with Crippen LogP contribution >= 0.6 is 0 Å². The fraction of sp³-hybridized carbons (Fsp3) is 0.625. The predicted molar refractivity (Wildman–Crippen MR) is 79.6 cm³/mol. The lowest BCUT2D eigenvalue weighted by molar-refractivity contribution is 0.229. The summed E-state index contributed by atoms with van der Waals surface area (Å²) in [6, 6.07) is 6.59. The zero-order chi connectivity index (χ0) is 13.8. The van der Waals surface area contributed by atoms with E-state index in [0.29, 0.717) is 12.0 Å². The van der Waals surface area contributed by atoms with Crippen LogP contribution in [0.1, 0.15) is 24.5 Å². The van der Waals surface area contributed by atoms with Gasteiger partial charge in [-0.05, 0) is 50.8 Å². The van der Waals surface area contributed by atoms with Gasteiger partial charge in [0.05, 0.1) is 0 Å². The number of aryl methyl sites for hydroxylation is 2. The van der Waals surface area contributed by atoms with Gasteiger partial charge in [0.15, 0.2) is 0 Å². The van der Waals surface area contributed by atoms with Gasteiger partial charge in [-0.2, -0.15) is 0 Å². The molecule has 0 bridgehead atoms. The van der Waals surface area contributed by atoms with E-state index in [1.165, 1.54) is 17.5 Å². The van der Waals surface area contributed by atoms with Crippen molar-refractivity contribution in [3.05, 3.63) is 29.3 Å². The quantitative estimate of drug-likeness (QED) is 0.885. The summed E-state index contributed by atoms with van der Waals surface area (Å²) in [6.07, 6.45) is 1.22. The number of para-hydroxylation sites is 1. The summed E-state index contributed by atoms with van der Waals surface area (Å²) < 4.78 is 5.95. The molecule has 19 heavy (non-hydrogen) atoms. The Morgan fingerprint density at radius 1 is 1.37 bits per heavy atom. The normalized spacial score (nSPS) is 21.6. The lowest BCUT2D eigenvalue weighted by Crippen LogP contribution is -2.31. The average Bonchev–Trinajstić information content (AvgIpc) is 2.82. The summed E-state index contributed by atoms with van der Waals surface area (Å²) in [4.78, 5) is 2.46. The molecule has 1 saturated heterocycles. The molecule has 2 rings (SSSR count). The van der Waals surface area contributed by atoms with Gasteiger partial charge in [-0.25, -0.2) is 0 Å². The van der Waals surface area contributed by atoms with Gasteiger partial charge >= 0.3 is 0 Å². The zero-order valence-corrected chi connectivity index (χ0v) is 12.4. The predicted octanol–water partition coefficient (Wildman–Crippen LogP) is 2.35. The van der Waals surface area contributed by atoms with Crippen molar-refractivity contribution in [3.8, 4) is 5.75 Å². The Labute approximate surface area is 116 Å². The van der Waals surface area contributed by atoms with Crippen molar-refractivity contribution >= 4 is 0 Å². The topological polar surface area (TPSA) is 38.5 Å². The molecule has 1 fully saturated rings. The van der Waals surface area contributed by atoms with Crippen LogP contribution in [0, 0.1) is 19.8 Å². The molecule has 2 atom stereocenters. The van der Waals surface area contributed by atoms with Gasteiger partial charge in [-0.3, -0.25) is 4.90 Å². The van der Waals surface area contributed by atoms with E-state index in [0.717, 1.165) is 32.0 Å². The largest absolute Gasteiger partial charge is 0.492 e. The van der Waals surface area contributed by atoms with Crippen molar-refractivity contribution in [2.24, 2.45) is 11.7 Å². The molecule has 1 aromatic rings. The Morgan fingerprint density at radius 3 is 2.63 bits per heavy atom. The molecule has 2 unspecified atom stereocenters. The molecule has 1 heterocycles. The van der Waals surface area contributed by atoms with E-state index in [-0.39, 0.29) is 0 Å². The maximum absolute atomic E-state index is 5.96. The van der Waals surface area contributed by atoms with E-state index >= 15 is 0 Å². The number of nitrogens with two attached hydrogens (primary N) is 1. The summed E-state index contributed by atoms with van der Waals surface area (Å²) in [5.74, 6) is 1.70. The second-order valence-corrected chi connectivity index (χ2v) is 5.78. The summed E-state index contributed by atoms with van der Waals surface area (Å²) in [7, 11) is 0. The van der Waals surface area contributed by atoms with Crippen LogP contribution in [-0.2, 0) is 0 Å². The van der Waals surface area contributed by atoms with Gasteiger partial charge in [-0.1, -0.05) is 18.2 Å². The third kappa shape index (κ3) is 3.71. The van der Waals surface area contributed by atoms with Gasteiger partial charge < -0.3 is 10.5 Å². The zero-order valence-electron chi connectivity index (χ0n) is 12.4. The van der Waals surface area contributed by atoms with Crippen molar-refractivity contribution in [3.63, 3.8) is 0 Å². The number of hydrogen-bond donors (Lipinski definition) is 1. The highest BCUT2D eigenvalue weighted by molar-refractivity contribution is 5.39. The number of nitrogens with zero attached hydrogens (tertiary/aromatic N) is 1.